The molecule has 0 saturated heterocycles. The van der Waals surface area contributed by atoms with Crippen LogP contribution in [0.2, 0.25) is 0 Å². The number of allylic oxidation sites excluding steroid dienone is 6. The Labute approximate surface area is 321 Å². The predicted molar refractivity (Wildman–Crippen MR) is 232 cm³/mol. The van der Waals surface area contributed by atoms with Crippen LogP contribution in [0.25, 0.3) is 82.4 Å². The lowest BCUT2D eigenvalue weighted by Crippen LogP contribution is -1.97. The third-order valence-corrected chi connectivity index (χ3v) is 12.2. The zero-order chi connectivity index (χ0) is 37.4. The lowest BCUT2D eigenvalue weighted by molar-refractivity contribution is 0.398. The number of aromatic hydroxyl groups is 2. The first-order chi connectivity index (χ1) is 26.9. The maximum Gasteiger partial charge on any atom is 0.161 e. The minimum atomic E-state index is -0.0559. The Kier molecular flexibility index (Phi) is 7.64. The molecular weight excluding hydrogens is 669 g/mol. The number of benzene rings is 8. The summed E-state index contributed by atoms with van der Waals surface area (Å²) in [5.41, 5.74) is 17.3. The first kappa shape index (κ1) is 33.0. The van der Waals surface area contributed by atoms with Gasteiger partial charge in [-0.15, -0.1) is 0 Å². The molecule has 8 aromatic carbocycles. The monoisotopic (exact) mass is 708 g/mol. The molecule has 2 aliphatic carbocycles. The average molecular weight is 709 g/mol. The Morgan fingerprint density at radius 3 is 1.75 bits per heavy atom. The molecule has 0 heterocycles. The fourth-order valence-corrected chi connectivity index (χ4v) is 9.41. The van der Waals surface area contributed by atoms with Gasteiger partial charge in [0.1, 0.15) is 0 Å². The van der Waals surface area contributed by atoms with E-state index in [9.17, 15) is 10.2 Å². The molecular formula is C53H40O2. The maximum atomic E-state index is 11.1. The molecule has 2 N–H and O–H groups in total. The van der Waals surface area contributed by atoms with Gasteiger partial charge in [-0.1, -0.05) is 157 Å². The Hall–Kier alpha value is -6.64. The Balaban J connectivity index is 1.20. The minimum Gasteiger partial charge on any atom is -0.504 e. The minimum absolute atomic E-state index is 0.0454. The van der Waals surface area contributed by atoms with Crippen LogP contribution in [-0.4, -0.2) is 10.2 Å². The summed E-state index contributed by atoms with van der Waals surface area (Å²) in [5, 5.41) is 28.8. The van der Waals surface area contributed by atoms with Gasteiger partial charge in [-0.2, -0.15) is 0 Å². The van der Waals surface area contributed by atoms with Gasteiger partial charge in [0.2, 0.25) is 0 Å². The predicted octanol–water partition coefficient (Wildman–Crippen LogP) is 14.0. The first-order valence-corrected chi connectivity index (χ1v) is 19.2. The van der Waals surface area contributed by atoms with Gasteiger partial charge in [-0.25, -0.2) is 0 Å². The third-order valence-electron chi connectivity index (χ3n) is 12.2. The van der Waals surface area contributed by atoms with Gasteiger partial charge in [-0.3, -0.25) is 0 Å². The van der Waals surface area contributed by atoms with Crippen LogP contribution in [0.15, 0.2) is 157 Å². The molecule has 0 amide bonds. The van der Waals surface area contributed by atoms with Crippen molar-refractivity contribution in [2.75, 3.05) is 0 Å². The second kappa shape index (κ2) is 12.7. The highest BCUT2D eigenvalue weighted by molar-refractivity contribution is 6.22. The number of phenolic OH excluding ortho intramolecular Hbond substituents is 2. The van der Waals surface area contributed by atoms with Gasteiger partial charge >= 0.3 is 0 Å². The Morgan fingerprint density at radius 2 is 1.04 bits per heavy atom. The molecule has 0 spiro atoms. The summed E-state index contributed by atoms with van der Waals surface area (Å²) in [6.07, 6.45) is 10.9. The topological polar surface area (TPSA) is 40.5 Å². The van der Waals surface area contributed by atoms with Gasteiger partial charge < -0.3 is 10.2 Å². The average Bonchev–Trinajstić information content (AvgIpc) is 3.42. The molecule has 2 nitrogen and oxygen atoms in total. The van der Waals surface area contributed by atoms with Gasteiger partial charge in [0.25, 0.3) is 0 Å². The van der Waals surface area contributed by atoms with Gasteiger partial charge in [0, 0.05) is 5.56 Å². The van der Waals surface area contributed by atoms with Crippen molar-refractivity contribution in [2.24, 2.45) is 0 Å². The number of rotatable bonds is 4. The van der Waals surface area contributed by atoms with Gasteiger partial charge in [-0.05, 0) is 138 Å². The molecule has 0 saturated carbocycles. The summed E-state index contributed by atoms with van der Waals surface area (Å²) in [6, 6.07) is 46.5. The molecule has 0 aliphatic heterocycles. The summed E-state index contributed by atoms with van der Waals surface area (Å²) in [4.78, 5) is 0. The van der Waals surface area contributed by atoms with Gasteiger partial charge in [0.05, 0.1) is 0 Å². The van der Waals surface area contributed by atoms with E-state index < -0.39 is 0 Å². The van der Waals surface area contributed by atoms with Crippen molar-refractivity contribution < 1.29 is 10.2 Å². The maximum absolute atomic E-state index is 11.1. The van der Waals surface area contributed by atoms with Crippen LogP contribution in [0.4, 0.5) is 0 Å². The van der Waals surface area contributed by atoms with Crippen LogP contribution >= 0.6 is 0 Å². The molecule has 0 bridgehead atoms. The van der Waals surface area contributed by atoms with Crippen molar-refractivity contribution in [3.05, 3.63) is 185 Å². The lowest BCUT2D eigenvalue weighted by Gasteiger charge is -2.22. The quantitative estimate of drug-likeness (QED) is 0.141. The van der Waals surface area contributed by atoms with Crippen molar-refractivity contribution in [1.29, 1.82) is 0 Å². The Morgan fingerprint density at radius 1 is 0.436 bits per heavy atom. The summed E-state index contributed by atoms with van der Waals surface area (Å²) >= 11 is 0. The molecule has 264 valence electrons. The van der Waals surface area contributed by atoms with Crippen LogP contribution in [0.3, 0.4) is 0 Å². The van der Waals surface area contributed by atoms with E-state index in [4.69, 9.17) is 0 Å². The van der Waals surface area contributed by atoms with Crippen LogP contribution in [0.5, 0.6) is 11.5 Å². The van der Waals surface area contributed by atoms with E-state index in [1.807, 2.05) is 20.8 Å². The zero-order valence-electron chi connectivity index (χ0n) is 31.2. The highest BCUT2D eigenvalue weighted by Gasteiger charge is 2.27. The molecule has 0 atom stereocenters. The highest BCUT2D eigenvalue weighted by atomic mass is 16.3. The third kappa shape index (κ3) is 5.02. The number of phenols is 2. The Bertz CT molecular complexity index is 2920. The molecule has 2 aliphatic rings. The molecule has 8 aromatic rings. The SMILES string of the molecule is Cc1c(C)c(-c2c3ccccc3c(-c3ccc(-c4ccc5c(c4-c4cccc6ccccc46)C4=C(CC=CC=C4)C5)cc3)c3ccccc23)c(C)c(O)c1O. The van der Waals surface area contributed by atoms with E-state index >= 15 is 0 Å². The second-order valence-electron chi connectivity index (χ2n) is 15.1. The van der Waals surface area contributed by atoms with Crippen molar-refractivity contribution in [3.63, 3.8) is 0 Å². The van der Waals surface area contributed by atoms with E-state index in [1.54, 1.807) is 0 Å². The van der Waals surface area contributed by atoms with Crippen LogP contribution in [0, 0.1) is 20.8 Å². The van der Waals surface area contributed by atoms with Crippen molar-refractivity contribution in [1.82, 2.24) is 0 Å². The molecule has 2 heteroatoms. The zero-order valence-corrected chi connectivity index (χ0v) is 31.2. The van der Waals surface area contributed by atoms with Crippen LogP contribution < -0.4 is 0 Å². The van der Waals surface area contributed by atoms with E-state index in [-0.39, 0.29) is 11.5 Å². The molecule has 0 aromatic heterocycles. The van der Waals surface area contributed by atoms with E-state index in [0.29, 0.717) is 11.1 Å². The molecule has 0 radical (unpaired) electrons. The van der Waals surface area contributed by atoms with Gasteiger partial charge in [0.15, 0.2) is 11.5 Å². The summed E-state index contributed by atoms with van der Waals surface area (Å²) in [6.45, 7) is 5.82. The summed E-state index contributed by atoms with van der Waals surface area (Å²) < 4.78 is 0. The van der Waals surface area contributed by atoms with Crippen molar-refractivity contribution >= 4 is 37.9 Å². The van der Waals surface area contributed by atoms with Crippen LogP contribution in [0.1, 0.15) is 34.2 Å². The number of fused-ring (bicyclic) bond motifs is 5. The standard InChI is InChI=1S/C53H40O2/c1-31-32(2)52(54)53(55)33(3)47(31)51-45-21-11-9-19-43(45)48(44-20-10-12-22-46(44)51)36-26-24-35(25-27-36)41-29-28-38-30-37-15-5-4-6-18-40(37)49(38)50(41)42-23-13-16-34-14-7-8-17-39(34)42/h4-14,16-29,54-55H,15,30H2,1-3H3. The second-order valence-corrected chi connectivity index (χ2v) is 15.1. The summed E-state index contributed by atoms with van der Waals surface area (Å²) in [7, 11) is 0. The summed E-state index contributed by atoms with van der Waals surface area (Å²) in [5.74, 6) is -0.101. The lowest BCUT2D eigenvalue weighted by atomic mass is 9.82. The normalized spacial score (nSPS) is 13.5. The molecule has 10 rings (SSSR count). The highest BCUT2D eigenvalue weighted by Crippen LogP contribution is 2.51. The molecule has 0 fully saturated rings. The van der Waals surface area contributed by atoms with Crippen molar-refractivity contribution in [3.8, 4) is 56.0 Å². The smallest absolute Gasteiger partial charge is 0.161 e. The fourth-order valence-electron chi connectivity index (χ4n) is 9.41. The first-order valence-electron chi connectivity index (χ1n) is 19.2. The van der Waals surface area contributed by atoms with E-state index in [0.717, 1.165) is 56.6 Å². The van der Waals surface area contributed by atoms with Crippen LogP contribution in [-0.2, 0) is 6.42 Å². The van der Waals surface area contributed by atoms with E-state index in [1.165, 1.54) is 60.9 Å². The fraction of sp³-hybridized carbons (Fsp3) is 0.0943. The number of hydrogen-bond acceptors (Lipinski definition) is 2. The molecule has 55 heavy (non-hydrogen) atoms. The van der Waals surface area contributed by atoms with Crippen molar-refractivity contribution in [2.45, 2.75) is 33.6 Å². The largest absolute Gasteiger partial charge is 0.504 e. The van der Waals surface area contributed by atoms with E-state index in [2.05, 4.69) is 152 Å². The number of hydrogen-bond donors (Lipinski definition) is 2. The molecule has 0 unspecified atom stereocenters.